The average Bonchev–Trinajstić information content (AvgIpc) is 2.81. The predicted octanol–water partition coefficient (Wildman–Crippen LogP) is 2.20. The van der Waals surface area contributed by atoms with Crippen LogP contribution in [0.4, 0.5) is 4.39 Å². The lowest BCUT2D eigenvalue weighted by molar-refractivity contribution is 0.0734. The highest BCUT2D eigenvalue weighted by molar-refractivity contribution is 5.73. The molecule has 0 aliphatic heterocycles. The van der Waals surface area contributed by atoms with Gasteiger partial charge in [-0.25, -0.2) is 4.39 Å². The van der Waals surface area contributed by atoms with E-state index < -0.39 is 0 Å². The lowest BCUT2D eigenvalue weighted by Gasteiger charge is -2.05. The van der Waals surface area contributed by atoms with Crippen LogP contribution in [0.5, 0.6) is 0 Å². The van der Waals surface area contributed by atoms with Crippen molar-refractivity contribution in [2.75, 3.05) is 0 Å². The average molecular weight is 243 g/mol. The monoisotopic (exact) mass is 243 g/mol. The Morgan fingerprint density at radius 2 is 1.83 bits per heavy atom. The maximum Gasteiger partial charge on any atom is 0.145 e. The van der Waals surface area contributed by atoms with Crippen LogP contribution in [0, 0.1) is 5.82 Å². The van der Waals surface area contributed by atoms with Crippen molar-refractivity contribution in [3.63, 3.8) is 0 Å². The summed E-state index contributed by atoms with van der Waals surface area (Å²) in [6.45, 7) is 0.111. The molecule has 0 bridgehead atoms. The number of hydrogen-bond acceptors (Lipinski definition) is 3. The Morgan fingerprint density at radius 1 is 1.06 bits per heavy atom. The second-order valence-electron chi connectivity index (χ2n) is 3.82. The Labute approximate surface area is 103 Å². The fourth-order valence-electron chi connectivity index (χ4n) is 1.69. The second-order valence-corrected chi connectivity index (χ2v) is 3.82. The molecule has 1 heterocycles. The molecule has 0 saturated carbocycles. The minimum atomic E-state index is -0.290. The number of benzene rings is 2. The molecule has 90 valence electrons. The van der Waals surface area contributed by atoms with Crippen molar-refractivity contribution in [1.29, 1.82) is 0 Å². The van der Waals surface area contributed by atoms with E-state index in [1.54, 1.807) is 18.2 Å². The van der Waals surface area contributed by atoms with E-state index in [1.165, 1.54) is 10.9 Å². The molecule has 5 heteroatoms. The molecule has 1 aromatic heterocycles. The topological polar surface area (TPSA) is 39.9 Å². The van der Waals surface area contributed by atoms with Crippen LogP contribution < -0.4 is 4.84 Å². The van der Waals surface area contributed by atoms with Crippen molar-refractivity contribution in [1.82, 2.24) is 15.2 Å². The molecule has 3 aromatic rings. The molecular formula is C13H10FN3O. The first-order chi connectivity index (χ1) is 8.84. The normalized spacial score (nSPS) is 10.7. The van der Waals surface area contributed by atoms with Crippen LogP contribution in [0.1, 0.15) is 5.56 Å². The van der Waals surface area contributed by atoms with Gasteiger partial charge in [0.05, 0.1) is 0 Å². The Kier molecular flexibility index (Phi) is 2.64. The molecule has 0 N–H and O–H groups in total. The SMILES string of the molecule is Fc1ccccc1COn1nnc2ccccc21. The molecule has 0 unspecified atom stereocenters. The largest absolute Gasteiger partial charge is 0.390 e. The summed E-state index contributed by atoms with van der Waals surface area (Å²) in [5.41, 5.74) is 1.98. The Bertz CT molecular complexity index is 681. The first-order valence-electron chi connectivity index (χ1n) is 5.52. The summed E-state index contributed by atoms with van der Waals surface area (Å²) >= 11 is 0. The van der Waals surface area contributed by atoms with Gasteiger partial charge in [0.2, 0.25) is 0 Å². The van der Waals surface area contributed by atoms with Gasteiger partial charge in [0.15, 0.2) is 0 Å². The molecule has 0 spiro atoms. The summed E-state index contributed by atoms with van der Waals surface area (Å²) in [4.78, 5) is 6.74. The molecule has 3 rings (SSSR count). The van der Waals surface area contributed by atoms with Crippen molar-refractivity contribution in [2.45, 2.75) is 6.61 Å². The lowest BCUT2D eigenvalue weighted by atomic mass is 10.2. The van der Waals surface area contributed by atoms with Gasteiger partial charge < -0.3 is 4.84 Å². The maximum absolute atomic E-state index is 13.4. The number of fused-ring (bicyclic) bond motifs is 1. The van der Waals surface area contributed by atoms with Gasteiger partial charge in [-0.3, -0.25) is 0 Å². The predicted molar refractivity (Wildman–Crippen MR) is 64.2 cm³/mol. The third-order valence-corrected chi connectivity index (χ3v) is 2.62. The quantitative estimate of drug-likeness (QED) is 0.708. The minimum Gasteiger partial charge on any atom is -0.390 e. The highest BCUT2D eigenvalue weighted by Crippen LogP contribution is 2.10. The molecule has 0 radical (unpaired) electrons. The number of para-hydroxylation sites is 1. The van der Waals surface area contributed by atoms with Crippen molar-refractivity contribution >= 4 is 11.0 Å². The Hall–Kier alpha value is -2.43. The number of nitrogens with zero attached hydrogens (tertiary/aromatic N) is 3. The fraction of sp³-hybridized carbons (Fsp3) is 0.0769. The molecule has 0 aliphatic rings. The van der Waals surface area contributed by atoms with E-state index >= 15 is 0 Å². The molecule has 4 nitrogen and oxygen atoms in total. The molecule has 0 fully saturated rings. The molecule has 18 heavy (non-hydrogen) atoms. The smallest absolute Gasteiger partial charge is 0.145 e. The van der Waals surface area contributed by atoms with Crippen molar-refractivity contribution < 1.29 is 9.23 Å². The second kappa shape index (κ2) is 4.44. The third-order valence-electron chi connectivity index (χ3n) is 2.62. The van der Waals surface area contributed by atoms with Crippen molar-refractivity contribution in [2.24, 2.45) is 0 Å². The van der Waals surface area contributed by atoms with E-state index in [4.69, 9.17) is 4.84 Å². The third kappa shape index (κ3) is 1.90. The van der Waals surface area contributed by atoms with Crippen LogP contribution in [0.25, 0.3) is 11.0 Å². The van der Waals surface area contributed by atoms with E-state index in [0.717, 1.165) is 11.0 Å². The van der Waals surface area contributed by atoms with Gasteiger partial charge in [0, 0.05) is 5.56 Å². The van der Waals surface area contributed by atoms with Crippen LogP contribution >= 0.6 is 0 Å². The number of halogens is 1. The lowest BCUT2D eigenvalue weighted by Crippen LogP contribution is -2.13. The van der Waals surface area contributed by atoms with Crippen LogP contribution in [-0.4, -0.2) is 15.2 Å². The van der Waals surface area contributed by atoms with Crippen LogP contribution in [0.3, 0.4) is 0 Å². The summed E-state index contributed by atoms with van der Waals surface area (Å²) in [5, 5.41) is 7.81. The summed E-state index contributed by atoms with van der Waals surface area (Å²) in [7, 11) is 0. The van der Waals surface area contributed by atoms with Crippen molar-refractivity contribution in [3.8, 4) is 0 Å². The van der Waals surface area contributed by atoms with Gasteiger partial charge >= 0.3 is 0 Å². The van der Waals surface area contributed by atoms with Gasteiger partial charge in [-0.05, 0) is 23.4 Å². The van der Waals surface area contributed by atoms with E-state index in [-0.39, 0.29) is 12.4 Å². The molecule has 0 aliphatic carbocycles. The van der Waals surface area contributed by atoms with Gasteiger partial charge in [-0.1, -0.05) is 35.2 Å². The van der Waals surface area contributed by atoms with Crippen LogP contribution in [0.2, 0.25) is 0 Å². The van der Waals surface area contributed by atoms with Crippen molar-refractivity contribution in [3.05, 3.63) is 59.9 Å². The summed E-state index contributed by atoms with van der Waals surface area (Å²) in [6, 6.07) is 13.9. The fourth-order valence-corrected chi connectivity index (χ4v) is 1.69. The molecule has 0 amide bonds. The first-order valence-corrected chi connectivity index (χ1v) is 5.52. The Balaban J connectivity index is 1.83. The molecule has 0 atom stereocenters. The van der Waals surface area contributed by atoms with E-state index in [2.05, 4.69) is 10.3 Å². The standard InChI is InChI=1S/C13H10FN3O/c14-11-6-2-1-5-10(11)9-18-17-13-8-4-3-7-12(13)15-16-17/h1-8H,9H2. The van der Waals surface area contributed by atoms with Crippen LogP contribution in [-0.2, 0) is 6.61 Å². The van der Waals surface area contributed by atoms with Gasteiger partial charge in [0.1, 0.15) is 23.5 Å². The molecule has 2 aromatic carbocycles. The van der Waals surface area contributed by atoms with Gasteiger partial charge in [0.25, 0.3) is 0 Å². The molecular weight excluding hydrogens is 233 g/mol. The number of rotatable bonds is 3. The number of aromatic nitrogens is 3. The highest BCUT2D eigenvalue weighted by Gasteiger charge is 2.06. The van der Waals surface area contributed by atoms with E-state index in [1.807, 2.05) is 24.3 Å². The zero-order chi connectivity index (χ0) is 12.4. The van der Waals surface area contributed by atoms with Gasteiger partial charge in [-0.2, -0.15) is 0 Å². The first kappa shape index (κ1) is 10.7. The Morgan fingerprint density at radius 3 is 2.72 bits per heavy atom. The van der Waals surface area contributed by atoms with Gasteiger partial charge in [-0.15, -0.1) is 5.10 Å². The van der Waals surface area contributed by atoms with Crippen LogP contribution in [0.15, 0.2) is 48.5 Å². The summed E-state index contributed by atoms with van der Waals surface area (Å²) in [5.74, 6) is -0.290. The molecule has 0 saturated heterocycles. The summed E-state index contributed by atoms with van der Waals surface area (Å²) in [6.07, 6.45) is 0. The number of hydrogen-bond donors (Lipinski definition) is 0. The zero-order valence-corrected chi connectivity index (χ0v) is 9.45. The van der Waals surface area contributed by atoms with E-state index in [0.29, 0.717) is 5.56 Å². The summed E-state index contributed by atoms with van der Waals surface area (Å²) < 4.78 is 13.4. The zero-order valence-electron chi connectivity index (χ0n) is 9.45. The van der Waals surface area contributed by atoms with E-state index in [9.17, 15) is 4.39 Å². The minimum absolute atomic E-state index is 0.111. The highest BCUT2D eigenvalue weighted by atomic mass is 19.1. The maximum atomic E-state index is 13.4.